The number of aryl methyl sites for hydroxylation is 2. The second kappa shape index (κ2) is 6.16. The molecule has 3 nitrogen and oxygen atoms in total. The molecule has 0 amide bonds. The zero-order valence-corrected chi connectivity index (χ0v) is 9.82. The largest absolute Gasteiger partial charge is 0.482 e. The van der Waals surface area contributed by atoms with E-state index in [4.69, 9.17) is 9.84 Å². The number of aliphatic carboxylic acids is 1. The van der Waals surface area contributed by atoms with Crippen molar-refractivity contribution in [2.45, 2.75) is 33.1 Å². The van der Waals surface area contributed by atoms with E-state index in [9.17, 15) is 4.79 Å². The summed E-state index contributed by atoms with van der Waals surface area (Å²) in [5.41, 5.74) is 2.36. The molecule has 0 radical (unpaired) electrons. The number of hydrogen-bond acceptors (Lipinski definition) is 2. The number of hydrogen-bond donors (Lipinski definition) is 1. The van der Waals surface area contributed by atoms with Crippen LogP contribution in [0, 0.1) is 0 Å². The van der Waals surface area contributed by atoms with Gasteiger partial charge in [-0.15, -0.1) is 0 Å². The fourth-order valence-electron chi connectivity index (χ4n) is 1.60. The van der Waals surface area contributed by atoms with Gasteiger partial charge in [-0.2, -0.15) is 0 Å². The van der Waals surface area contributed by atoms with Gasteiger partial charge in [0.25, 0.3) is 0 Å². The first kappa shape index (κ1) is 12.6. The van der Waals surface area contributed by atoms with Gasteiger partial charge in [0.05, 0.1) is 0 Å². The fourth-order valence-corrected chi connectivity index (χ4v) is 1.60. The molecule has 0 aliphatic heterocycles. The summed E-state index contributed by atoms with van der Waals surface area (Å²) in [6.45, 7) is 3.92. The summed E-state index contributed by atoms with van der Waals surface area (Å²) >= 11 is 0. The molecule has 1 aromatic carbocycles. The zero-order valence-electron chi connectivity index (χ0n) is 9.82. The maximum atomic E-state index is 10.4. The van der Waals surface area contributed by atoms with E-state index in [1.54, 1.807) is 0 Å². The minimum Gasteiger partial charge on any atom is -0.482 e. The molecule has 1 rings (SSSR count). The van der Waals surface area contributed by atoms with Crippen LogP contribution in [0.5, 0.6) is 5.75 Å². The highest BCUT2D eigenvalue weighted by Gasteiger charge is 2.06. The molecule has 0 heterocycles. The van der Waals surface area contributed by atoms with Gasteiger partial charge in [0.1, 0.15) is 5.75 Å². The van der Waals surface area contributed by atoms with Crippen molar-refractivity contribution < 1.29 is 14.6 Å². The summed E-state index contributed by atoms with van der Waals surface area (Å²) in [5.74, 6) is -0.247. The molecule has 0 fully saturated rings. The van der Waals surface area contributed by atoms with Crippen molar-refractivity contribution in [2.24, 2.45) is 0 Å². The van der Waals surface area contributed by atoms with Crippen LogP contribution in [-0.2, 0) is 17.6 Å². The second-order valence-electron chi connectivity index (χ2n) is 3.73. The van der Waals surface area contributed by atoms with E-state index in [0.717, 1.165) is 24.8 Å². The molecule has 0 spiro atoms. The van der Waals surface area contributed by atoms with Gasteiger partial charge >= 0.3 is 5.97 Å². The van der Waals surface area contributed by atoms with Crippen LogP contribution in [0.3, 0.4) is 0 Å². The Bertz CT molecular complexity index is 358. The van der Waals surface area contributed by atoms with Crippen LogP contribution >= 0.6 is 0 Å². The van der Waals surface area contributed by atoms with E-state index < -0.39 is 5.97 Å². The summed E-state index contributed by atoms with van der Waals surface area (Å²) < 4.78 is 5.25. The predicted octanol–water partition coefficient (Wildman–Crippen LogP) is 2.66. The van der Waals surface area contributed by atoms with Gasteiger partial charge in [0.2, 0.25) is 0 Å². The zero-order chi connectivity index (χ0) is 12.0. The van der Waals surface area contributed by atoms with Crippen molar-refractivity contribution in [1.29, 1.82) is 0 Å². The Morgan fingerprint density at radius 1 is 1.38 bits per heavy atom. The average Bonchev–Trinajstić information content (AvgIpc) is 2.27. The Labute approximate surface area is 96.1 Å². The summed E-state index contributed by atoms with van der Waals surface area (Å²) in [6, 6.07) is 5.95. The van der Waals surface area contributed by atoms with Crippen molar-refractivity contribution >= 4 is 5.97 Å². The van der Waals surface area contributed by atoms with Gasteiger partial charge in [-0.1, -0.05) is 32.4 Å². The SMILES string of the molecule is CCCc1cc(CC)ccc1OCC(=O)O. The molecule has 1 aromatic rings. The van der Waals surface area contributed by atoms with Crippen molar-refractivity contribution in [2.75, 3.05) is 6.61 Å². The monoisotopic (exact) mass is 222 g/mol. The maximum absolute atomic E-state index is 10.4. The van der Waals surface area contributed by atoms with Gasteiger partial charge in [0, 0.05) is 0 Å². The maximum Gasteiger partial charge on any atom is 0.341 e. The molecule has 0 saturated carbocycles. The molecule has 0 saturated heterocycles. The normalized spacial score (nSPS) is 10.1. The Morgan fingerprint density at radius 2 is 2.12 bits per heavy atom. The minimum absolute atomic E-state index is 0.276. The van der Waals surface area contributed by atoms with Crippen LogP contribution in [0.25, 0.3) is 0 Å². The quantitative estimate of drug-likeness (QED) is 0.804. The van der Waals surface area contributed by atoms with Crippen LogP contribution in [0.4, 0.5) is 0 Å². The van der Waals surface area contributed by atoms with E-state index in [1.807, 2.05) is 12.1 Å². The van der Waals surface area contributed by atoms with Gasteiger partial charge in [-0.3, -0.25) is 0 Å². The van der Waals surface area contributed by atoms with Crippen LogP contribution in [-0.4, -0.2) is 17.7 Å². The first-order valence-corrected chi connectivity index (χ1v) is 5.63. The molecular formula is C13H18O3. The van der Waals surface area contributed by atoms with Gasteiger partial charge < -0.3 is 9.84 Å². The Morgan fingerprint density at radius 3 is 2.69 bits per heavy atom. The van der Waals surface area contributed by atoms with Crippen LogP contribution in [0.2, 0.25) is 0 Å². The number of ether oxygens (including phenoxy) is 1. The fraction of sp³-hybridized carbons (Fsp3) is 0.462. The predicted molar refractivity (Wildman–Crippen MR) is 62.9 cm³/mol. The molecule has 0 aliphatic carbocycles. The lowest BCUT2D eigenvalue weighted by Gasteiger charge is -2.10. The van der Waals surface area contributed by atoms with Gasteiger partial charge in [-0.05, 0) is 30.0 Å². The summed E-state index contributed by atoms with van der Waals surface area (Å²) in [6.07, 6.45) is 2.93. The Balaban J connectivity index is 2.84. The van der Waals surface area contributed by atoms with Crippen LogP contribution in [0.1, 0.15) is 31.4 Å². The molecule has 3 heteroatoms. The van der Waals surface area contributed by atoms with Crippen molar-refractivity contribution in [1.82, 2.24) is 0 Å². The summed E-state index contributed by atoms with van der Waals surface area (Å²) in [5, 5.41) is 8.57. The molecular weight excluding hydrogens is 204 g/mol. The summed E-state index contributed by atoms with van der Waals surface area (Å²) in [4.78, 5) is 10.4. The van der Waals surface area contributed by atoms with E-state index in [0.29, 0.717) is 5.75 Å². The van der Waals surface area contributed by atoms with Gasteiger partial charge in [0.15, 0.2) is 6.61 Å². The minimum atomic E-state index is -0.943. The Hall–Kier alpha value is -1.51. The number of carboxylic acid groups (broad SMARTS) is 1. The second-order valence-corrected chi connectivity index (χ2v) is 3.73. The number of carbonyl (C=O) groups is 1. The molecule has 16 heavy (non-hydrogen) atoms. The molecule has 0 bridgehead atoms. The van der Waals surface area contributed by atoms with Crippen molar-refractivity contribution in [3.8, 4) is 5.75 Å². The van der Waals surface area contributed by atoms with Crippen LogP contribution < -0.4 is 4.74 Å². The molecule has 0 aromatic heterocycles. The van der Waals surface area contributed by atoms with Crippen molar-refractivity contribution in [3.63, 3.8) is 0 Å². The number of carboxylic acids is 1. The van der Waals surface area contributed by atoms with E-state index in [1.165, 1.54) is 5.56 Å². The van der Waals surface area contributed by atoms with Crippen LogP contribution in [0.15, 0.2) is 18.2 Å². The van der Waals surface area contributed by atoms with Gasteiger partial charge in [-0.25, -0.2) is 4.79 Å². The third-order valence-corrected chi connectivity index (χ3v) is 2.40. The molecule has 1 N–H and O–H groups in total. The van der Waals surface area contributed by atoms with Crippen molar-refractivity contribution in [3.05, 3.63) is 29.3 Å². The number of rotatable bonds is 6. The highest BCUT2D eigenvalue weighted by molar-refractivity contribution is 5.68. The lowest BCUT2D eigenvalue weighted by molar-refractivity contribution is -0.139. The first-order chi connectivity index (χ1) is 7.67. The third kappa shape index (κ3) is 3.57. The van der Waals surface area contributed by atoms with E-state index in [-0.39, 0.29) is 6.61 Å². The third-order valence-electron chi connectivity index (χ3n) is 2.40. The number of benzene rings is 1. The standard InChI is InChI=1S/C13H18O3/c1-3-5-11-8-10(4-2)6-7-12(11)16-9-13(14)15/h6-8H,3-5,9H2,1-2H3,(H,14,15). The highest BCUT2D eigenvalue weighted by Crippen LogP contribution is 2.22. The summed E-state index contributed by atoms with van der Waals surface area (Å²) in [7, 11) is 0. The van der Waals surface area contributed by atoms with E-state index in [2.05, 4.69) is 19.9 Å². The topological polar surface area (TPSA) is 46.5 Å². The lowest BCUT2D eigenvalue weighted by Crippen LogP contribution is -2.10. The molecule has 0 atom stereocenters. The molecule has 0 aliphatic rings. The molecule has 88 valence electrons. The first-order valence-electron chi connectivity index (χ1n) is 5.63. The Kier molecular flexibility index (Phi) is 4.83. The average molecular weight is 222 g/mol. The van der Waals surface area contributed by atoms with E-state index >= 15 is 0 Å². The smallest absolute Gasteiger partial charge is 0.341 e. The highest BCUT2D eigenvalue weighted by atomic mass is 16.5. The lowest BCUT2D eigenvalue weighted by atomic mass is 10.0. The molecule has 0 unspecified atom stereocenters.